The van der Waals surface area contributed by atoms with Crippen molar-refractivity contribution >= 4 is 24.2 Å². The minimum Gasteiger partial charge on any atom is -0.381 e. The maximum Gasteiger partial charge on any atom is 0.236 e. The summed E-state index contributed by atoms with van der Waals surface area (Å²) in [6.45, 7) is 4.81. The van der Waals surface area contributed by atoms with Crippen LogP contribution < -0.4 is 5.32 Å². The SMILES string of the molecule is Cl.O=C(CCCOCCc1ccccc1)N1CCCC(N2CCNCC2=O)C1. The zero-order valence-corrected chi connectivity index (χ0v) is 17.3. The summed E-state index contributed by atoms with van der Waals surface area (Å²) in [4.78, 5) is 28.5. The fraction of sp³-hybridized carbons (Fsp3) is 0.619. The van der Waals surface area contributed by atoms with Crippen LogP contribution in [0.3, 0.4) is 0 Å². The van der Waals surface area contributed by atoms with Gasteiger partial charge in [0, 0.05) is 45.2 Å². The quantitative estimate of drug-likeness (QED) is 0.666. The number of ether oxygens (including phenoxy) is 1. The Bertz CT molecular complexity index is 614. The first kappa shape index (κ1) is 22.7. The lowest BCUT2D eigenvalue weighted by atomic mass is 10.0. The largest absolute Gasteiger partial charge is 0.381 e. The normalized spacial score (nSPS) is 20.0. The highest BCUT2D eigenvalue weighted by molar-refractivity contribution is 5.85. The van der Waals surface area contributed by atoms with E-state index in [0.29, 0.717) is 32.7 Å². The summed E-state index contributed by atoms with van der Waals surface area (Å²) in [6.07, 6.45) is 4.15. The summed E-state index contributed by atoms with van der Waals surface area (Å²) < 4.78 is 5.68. The number of carbonyl (C=O) groups is 2. The van der Waals surface area contributed by atoms with E-state index in [-0.39, 0.29) is 30.3 Å². The molecule has 28 heavy (non-hydrogen) atoms. The Labute approximate surface area is 174 Å². The number of nitrogens with one attached hydrogen (secondary N) is 1. The third-order valence-electron chi connectivity index (χ3n) is 5.37. The summed E-state index contributed by atoms with van der Waals surface area (Å²) >= 11 is 0. The number of hydrogen-bond donors (Lipinski definition) is 1. The van der Waals surface area contributed by atoms with Gasteiger partial charge in [0.05, 0.1) is 13.2 Å². The molecule has 0 saturated carbocycles. The highest BCUT2D eigenvalue weighted by Gasteiger charge is 2.31. The lowest BCUT2D eigenvalue weighted by Gasteiger charge is -2.41. The molecule has 1 unspecified atom stereocenters. The van der Waals surface area contributed by atoms with E-state index in [1.54, 1.807) is 0 Å². The van der Waals surface area contributed by atoms with Crippen molar-refractivity contribution in [2.75, 3.05) is 45.9 Å². The highest BCUT2D eigenvalue weighted by Crippen LogP contribution is 2.18. The van der Waals surface area contributed by atoms with Crippen LogP contribution >= 0.6 is 12.4 Å². The van der Waals surface area contributed by atoms with Gasteiger partial charge in [0.25, 0.3) is 0 Å². The van der Waals surface area contributed by atoms with Crippen molar-refractivity contribution in [2.24, 2.45) is 0 Å². The van der Waals surface area contributed by atoms with Gasteiger partial charge < -0.3 is 19.9 Å². The van der Waals surface area contributed by atoms with E-state index in [1.165, 1.54) is 5.56 Å². The van der Waals surface area contributed by atoms with Crippen LogP contribution in [0.5, 0.6) is 0 Å². The zero-order valence-electron chi connectivity index (χ0n) is 16.5. The average molecular weight is 410 g/mol. The Balaban J connectivity index is 0.00000280. The van der Waals surface area contributed by atoms with Crippen LogP contribution in [-0.4, -0.2) is 73.6 Å². The molecule has 2 saturated heterocycles. The summed E-state index contributed by atoms with van der Waals surface area (Å²) in [5.74, 6) is 0.348. The number of rotatable bonds is 8. The van der Waals surface area contributed by atoms with Gasteiger partial charge in [-0.1, -0.05) is 30.3 Å². The minimum atomic E-state index is 0. The molecule has 1 aromatic carbocycles. The Kier molecular flexibility index (Phi) is 9.75. The molecule has 7 heteroatoms. The van der Waals surface area contributed by atoms with Gasteiger partial charge in [0.1, 0.15) is 0 Å². The van der Waals surface area contributed by atoms with Gasteiger partial charge in [0.2, 0.25) is 11.8 Å². The third-order valence-corrected chi connectivity index (χ3v) is 5.37. The molecule has 1 atom stereocenters. The first-order valence-corrected chi connectivity index (χ1v) is 10.1. The number of piperazine rings is 1. The van der Waals surface area contributed by atoms with E-state index in [9.17, 15) is 9.59 Å². The molecule has 1 aromatic rings. The zero-order chi connectivity index (χ0) is 18.9. The van der Waals surface area contributed by atoms with Gasteiger partial charge in [-0.15, -0.1) is 12.4 Å². The maximum atomic E-state index is 12.5. The van der Waals surface area contributed by atoms with E-state index in [2.05, 4.69) is 17.4 Å². The van der Waals surface area contributed by atoms with E-state index in [0.717, 1.165) is 45.3 Å². The first-order chi connectivity index (χ1) is 13.2. The minimum absolute atomic E-state index is 0. The predicted octanol–water partition coefficient (Wildman–Crippen LogP) is 1.87. The van der Waals surface area contributed by atoms with Crippen molar-refractivity contribution in [3.63, 3.8) is 0 Å². The number of nitrogens with zero attached hydrogens (tertiary/aromatic N) is 2. The molecule has 0 aromatic heterocycles. The summed E-state index contributed by atoms with van der Waals surface area (Å²) in [5.41, 5.74) is 1.27. The van der Waals surface area contributed by atoms with Gasteiger partial charge in [-0.25, -0.2) is 0 Å². The van der Waals surface area contributed by atoms with Crippen molar-refractivity contribution in [1.82, 2.24) is 15.1 Å². The predicted molar refractivity (Wildman–Crippen MR) is 112 cm³/mol. The molecule has 0 bridgehead atoms. The van der Waals surface area contributed by atoms with Crippen LogP contribution in [0.25, 0.3) is 0 Å². The van der Waals surface area contributed by atoms with Gasteiger partial charge >= 0.3 is 0 Å². The van der Waals surface area contributed by atoms with Gasteiger partial charge in [-0.3, -0.25) is 9.59 Å². The van der Waals surface area contributed by atoms with Crippen LogP contribution in [0.4, 0.5) is 0 Å². The molecular formula is C21H32ClN3O3. The fourth-order valence-corrected chi connectivity index (χ4v) is 3.86. The number of amides is 2. The van der Waals surface area contributed by atoms with Crippen LogP contribution in [0.15, 0.2) is 30.3 Å². The molecule has 2 amide bonds. The summed E-state index contributed by atoms with van der Waals surface area (Å²) in [7, 11) is 0. The molecule has 1 N–H and O–H groups in total. The van der Waals surface area contributed by atoms with Crippen molar-refractivity contribution in [3.8, 4) is 0 Å². The molecule has 0 spiro atoms. The number of benzene rings is 1. The van der Waals surface area contributed by atoms with Crippen molar-refractivity contribution in [3.05, 3.63) is 35.9 Å². The van der Waals surface area contributed by atoms with Crippen molar-refractivity contribution < 1.29 is 14.3 Å². The number of halogens is 1. The van der Waals surface area contributed by atoms with Gasteiger partial charge in [-0.05, 0) is 31.2 Å². The van der Waals surface area contributed by atoms with Crippen molar-refractivity contribution in [1.29, 1.82) is 0 Å². The third kappa shape index (κ3) is 6.76. The lowest BCUT2D eigenvalue weighted by Crippen LogP contribution is -2.57. The maximum absolute atomic E-state index is 12.5. The average Bonchev–Trinajstić information content (AvgIpc) is 2.71. The molecule has 156 valence electrons. The van der Waals surface area contributed by atoms with Crippen LogP contribution in [-0.2, 0) is 20.7 Å². The van der Waals surface area contributed by atoms with Crippen molar-refractivity contribution in [2.45, 2.75) is 38.1 Å². The molecule has 0 radical (unpaired) electrons. The number of piperidine rings is 1. The van der Waals surface area contributed by atoms with E-state index < -0.39 is 0 Å². The summed E-state index contributed by atoms with van der Waals surface area (Å²) in [5, 5.41) is 3.11. The Morgan fingerprint density at radius 2 is 2.00 bits per heavy atom. The van der Waals surface area contributed by atoms with Crippen LogP contribution in [0, 0.1) is 0 Å². The molecule has 6 nitrogen and oxygen atoms in total. The highest BCUT2D eigenvalue weighted by atomic mass is 35.5. The molecular weight excluding hydrogens is 378 g/mol. The Morgan fingerprint density at radius 3 is 2.79 bits per heavy atom. The standard InChI is InChI=1S/C21H31N3O3.ClH/c25-20(9-5-14-27-15-10-18-6-2-1-3-7-18)23-12-4-8-19(17-23)24-13-11-22-16-21(24)26;/h1-3,6-7,19,22H,4-5,8-17H2;1H. The second kappa shape index (κ2) is 12.0. The fourth-order valence-electron chi connectivity index (χ4n) is 3.86. The molecule has 2 aliphatic rings. The molecule has 2 heterocycles. The number of hydrogen-bond acceptors (Lipinski definition) is 4. The molecule has 0 aliphatic carbocycles. The summed E-state index contributed by atoms with van der Waals surface area (Å²) in [6, 6.07) is 10.5. The van der Waals surface area contributed by atoms with E-state index in [1.807, 2.05) is 28.0 Å². The monoisotopic (exact) mass is 409 g/mol. The Morgan fingerprint density at radius 1 is 1.18 bits per heavy atom. The molecule has 3 rings (SSSR count). The van der Waals surface area contributed by atoms with E-state index >= 15 is 0 Å². The topological polar surface area (TPSA) is 61.9 Å². The van der Waals surface area contributed by atoms with Gasteiger partial charge in [0.15, 0.2) is 0 Å². The van der Waals surface area contributed by atoms with Crippen LogP contribution in [0.2, 0.25) is 0 Å². The lowest BCUT2D eigenvalue weighted by molar-refractivity contribution is -0.140. The first-order valence-electron chi connectivity index (χ1n) is 10.1. The smallest absolute Gasteiger partial charge is 0.236 e. The Hall–Kier alpha value is -1.63. The number of carbonyl (C=O) groups excluding carboxylic acids is 2. The second-order valence-electron chi connectivity index (χ2n) is 7.35. The molecule has 2 fully saturated rings. The van der Waals surface area contributed by atoms with E-state index in [4.69, 9.17) is 4.74 Å². The molecule has 2 aliphatic heterocycles. The number of likely N-dealkylation sites (tertiary alicyclic amines) is 1. The van der Waals surface area contributed by atoms with Crippen LogP contribution in [0.1, 0.15) is 31.2 Å². The van der Waals surface area contributed by atoms with Gasteiger partial charge in [-0.2, -0.15) is 0 Å². The second-order valence-corrected chi connectivity index (χ2v) is 7.35.